The zero-order valence-electron chi connectivity index (χ0n) is 17.0. The lowest BCUT2D eigenvalue weighted by molar-refractivity contribution is -0.116. The molecule has 0 saturated heterocycles. The summed E-state index contributed by atoms with van der Waals surface area (Å²) >= 11 is 1.48. The maximum absolute atomic E-state index is 12.9. The number of fused-ring (bicyclic) bond motifs is 1. The van der Waals surface area contributed by atoms with Crippen LogP contribution in [0.25, 0.3) is 10.2 Å². The monoisotopic (exact) mass is 413 g/mol. The number of carbonyl (C=O) groups excluding carboxylic acids is 2. The Kier molecular flexibility index (Phi) is 5.83. The lowest BCUT2D eigenvalue weighted by Gasteiger charge is -2.11. The Morgan fingerprint density at radius 1 is 1.17 bits per heavy atom. The number of rotatable bonds is 5. The van der Waals surface area contributed by atoms with Crippen molar-refractivity contribution >= 4 is 39.1 Å². The fourth-order valence-electron chi connectivity index (χ4n) is 2.93. The van der Waals surface area contributed by atoms with E-state index in [0.29, 0.717) is 27.3 Å². The summed E-state index contributed by atoms with van der Waals surface area (Å²) < 4.78 is 6.52. The highest BCUT2D eigenvalue weighted by molar-refractivity contribution is 7.18. The van der Waals surface area contributed by atoms with Crippen molar-refractivity contribution in [1.82, 2.24) is 9.55 Å². The summed E-state index contributed by atoms with van der Waals surface area (Å²) in [6, 6.07) is 6.42. The average molecular weight is 413 g/mol. The van der Waals surface area contributed by atoms with Gasteiger partial charge in [-0.2, -0.15) is 0 Å². The number of anilines is 1. The molecule has 0 aliphatic heterocycles. The number of thiophene rings is 1. The SMILES string of the molecule is Cc1sc2nc(C)n(CC(=O)Nc3ccc(C(=O)OC(C)C)cc3)c(=O)c2c1C. The van der Waals surface area contributed by atoms with Gasteiger partial charge in [-0.25, -0.2) is 9.78 Å². The molecule has 0 spiro atoms. The third kappa shape index (κ3) is 4.37. The molecule has 0 fully saturated rings. The van der Waals surface area contributed by atoms with Crippen LogP contribution in [0.1, 0.15) is 40.5 Å². The van der Waals surface area contributed by atoms with E-state index in [1.807, 2.05) is 13.8 Å². The summed E-state index contributed by atoms with van der Waals surface area (Å²) in [5.74, 6) is -0.273. The van der Waals surface area contributed by atoms with Crippen molar-refractivity contribution in [1.29, 1.82) is 0 Å². The first kappa shape index (κ1) is 20.7. The van der Waals surface area contributed by atoms with Gasteiger partial charge in [0.25, 0.3) is 5.56 Å². The number of aromatic nitrogens is 2. The number of esters is 1. The number of aryl methyl sites for hydroxylation is 3. The van der Waals surface area contributed by atoms with Crippen molar-refractivity contribution in [2.75, 3.05) is 5.32 Å². The average Bonchev–Trinajstić information content (AvgIpc) is 2.92. The maximum Gasteiger partial charge on any atom is 0.338 e. The molecule has 2 heterocycles. The molecule has 0 saturated carbocycles. The zero-order chi connectivity index (χ0) is 21.3. The lowest BCUT2D eigenvalue weighted by atomic mass is 10.2. The Morgan fingerprint density at radius 3 is 2.45 bits per heavy atom. The van der Waals surface area contributed by atoms with Crippen molar-refractivity contribution in [3.63, 3.8) is 0 Å². The molecule has 152 valence electrons. The minimum atomic E-state index is -0.416. The van der Waals surface area contributed by atoms with E-state index in [1.165, 1.54) is 15.9 Å². The van der Waals surface area contributed by atoms with Gasteiger partial charge in [-0.3, -0.25) is 14.2 Å². The molecule has 0 unspecified atom stereocenters. The van der Waals surface area contributed by atoms with Crippen LogP contribution in [0.5, 0.6) is 0 Å². The molecule has 2 aromatic heterocycles. The summed E-state index contributed by atoms with van der Waals surface area (Å²) in [4.78, 5) is 43.5. The number of carbonyl (C=O) groups is 2. The zero-order valence-corrected chi connectivity index (χ0v) is 17.8. The smallest absolute Gasteiger partial charge is 0.338 e. The maximum atomic E-state index is 12.9. The molecule has 8 heteroatoms. The molecule has 0 atom stereocenters. The van der Waals surface area contributed by atoms with Crippen molar-refractivity contribution < 1.29 is 14.3 Å². The van der Waals surface area contributed by atoms with Crippen LogP contribution in [0.15, 0.2) is 29.1 Å². The second kappa shape index (κ2) is 8.16. The van der Waals surface area contributed by atoms with Crippen molar-refractivity contribution in [3.8, 4) is 0 Å². The summed E-state index contributed by atoms with van der Waals surface area (Å²) in [5, 5.41) is 3.31. The molecule has 1 N–H and O–H groups in total. The number of ether oxygens (including phenoxy) is 1. The first-order valence-electron chi connectivity index (χ1n) is 9.25. The number of amides is 1. The normalized spacial score (nSPS) is 11.1. The van der Waals surface area contributed by atoms with E-state index in [1.54, 1.807) is 45.0 Å². The van der Waals surface area contributed by atoms with Crippen LogP contribution in [0.3, 0.4) is 0 Å². The molecular formula is C21H23N3O4S. The topological polar surface area (TPSA) is 90.3 Å². The van der Waals surface area contributed by atoms with E-state index in [4.69, 9.17) is 4.74 Å². The molecule has 29 heavy (non-hydrogen) atoms. The number of nitrogens with zero attached hydrogens (tertiary/aromatic N) is 2. The molecule has 0 bridgehead atoms. The fraction of sp³-hybridized carbons (Fsp3) is 0.333. The van der Waals surface area contributed by atoms with E-state index in [0.717, 1.165) is 10.4 Å². The van der Waals surface area contributed by atoms with E-state index in [9.17, 15) is 14.4 Å². The van der Waals surface area contributed by atoms with Gasteiger partial charge < -0.3 is 10.1 Å². The number of nitrogens with one attached hydrogen (secondary N) is 1. The molecule has 3 aromatic rings. The predicted molar refractivity (Wildman–Crippen MR) is 114 cm³/mol. The van der Waals surface area contributed by atoms with Crippen molar-refractivity contribution in [2.24, 2.45) is 0 Å². The van der Waals surface area contributed by atoms with Gasteiger partial charge in [-0.1, -0.05) is 0 Å². The van der Waals surface area contributed by atoms with Gasteiger partial charge in [-0.15, -0.1) is 11.3 Å². The number of hydrogen-bond acceptors (Lipinski definition) is 6. The highest BCUT2D eigenvalue weighted by Gasteiger charge is 2.16. The molecule has 0 radical (unpaired) electrons. The summed E-state index contributed by atoms with van der Waals surface area (Å²) in [7, 11) is 0. The van der Waals surface area contributed by atoms with Crippen LogP contribution in [-0.2, 0) is 16.1 Å². The third-order valence-electron chi connectivity index (χ3n) is 4.53. The molecule has 3 rings (SSSR count). The summed E-state index contributed by atoms with van der Waals surface area (Å²) in [6.45, 7) is 8.98. The fourth-order valence-corrected chi connectivity index (χ4v) is 4.00. The van der Waals surface area contributed by atoms with Crippen molar-refractivity contribution in [2.45, 2.75) is 47.3 Å². The third-order valence-corrected chi connectivity index (χ3v) is 5.63. The minimum absolute atomic E-state index is 0.140. The molecule has 1 aromatic carbocycles. The van der Waals surface area contributed by atoms with Crippen molar-refractivity contribution in [3.05, 3.63) is 56.4 Å². The van der Waals surface area contributed by atoms with Gasteiger partial charge in [-0.05, 0) is 64.4 Å². The van der Waals surface area contributed by atoms with Crippen LogP contribution in [0.2, 0.25) is 0 Å². The van der Waals surface area contributed by atoms with Gasteiger partial charge in [0, 0.05) is 10.6 Å². The quantitative estimate of drug-likeness (QED) is 0.646. The van der Waals surface area contributed by atoms with Crippen LogP contribution in [0, 0.1) is 20.8 Å². The molecule has 1 amide bonds. The lowest BCUT2D eigenvalue weighted by Crippen LogP contribution is -2.30. The Hall–Kier alpha value is -3.00. The van der Waals surface area contributed by atoms with E-state index < -0.39 is 5.97 Å². The first-order chi connectivity index (χ1) is 13.7. The van der Waals surface area contributed by atoms with Gasteiger partial charge in [0.2, 0.25) is 5.91 Å². The highest BCUT2D eigenvalue weighted by atomic mass is 32.1. The van der Waals surface area contributed by atoms with Gasteiger partial charge >= 0.3 is 5.97 Å². The molecule has 0 aliphatic carbocycles. The van der Waals surface area contributed by atoms with E-state index in [-0.39, 0.29) is 24.1 Å². The summed E-state index contributed by atoms with van der Waals surface area (Å²) in [6.07, 6.45) is -0.204. The van der Waals surface area contributed by atoms with E-state index >= 15 is 0 Å². The second-order valence-electron chi connectivity index (χ2n) is 7.09. The number of benzene rings is 1. The largest absolute Gasteiger partial charge is 0.459 e. The van der Waals surface area contributed by atoms with Crippen LogP contribution in [0.4, 0.5) is 5.69 Å². The van der Waals surface area contributed by atoms with Gasteiger partial charge in [0.1, 0.15) is 17.2 Å². The second-order valence-corrected chi connectivity index (χ2v) is 8.30. The van der Waals surface area contributed by atoms with Crippen LogP contribution in [-0.4, -0.2) is 27.5 Å². The van der Waals surface area contributed by atoms with Gasteiger partial charge in [0.15, 0.2) is 0 Å². The van der Waals surface area contributed by atoms with Gasteiger partial charge in [0.05, 0.1) is 17.1 Å². The highest BCUT2D eigenvalue weighted by Crippen LogP contribution is 2.26. The standard InChI is InChI=1S/C21H23N3O4S/c1-11(2)28-21(27)15-6-8-16(9-7-15)23-17(25)10-24-14(5)22-19-18(20(24)26)12(3)13(4)29-19/h6-9,11H,10H2,1-5H3,(H,23,25). The van der Waals surface area contributed by atoms with E-state index in [2.05, 4.69) is 10.3 Å². The predicted octanol–water partition coefficient (Wildman–Crippen LogP) is 3.59. The Morgan fingerprint density at radius 2 is 1.83 bits per heavy atom. The summed E-state index contributed by atoms with van der Waals surface area (Å²) in [5.41, 5.74) is 1.62. The van der Waals surface area contributed by atoms with Crippen LogP contribution < -0.4 is 10.9 Å². The number of hydrogen-bond donors (Lipinski definition) is 1. The minimum Gasteiger partial charge on any atom is -0.459 e. The molecule has 7 nitrogen and oxygen atoms in total. The Labute approximate surface area is 172 Å². The molecule has 0 aliphatic rings. The Balaban J connectivity index is 1.77. The van der Waals surface area contributed by atoms with Crippen LogP contribution >= 0.6 is 11.3 Å². The first-order valence-corrected chi connectivity index (χ1v) is 10.1. The Bertz CT molecular complexity index is 1140. The molecular weight excluding hydrogens is 390 g/mol.